The van der Waals surface area contributed by atoms with Gasteiger partial charge in [-0.2, -0.15) is 22.0 Å². The molecule has 0 saturated heterocycles. The number of rotatable bonds is 1. The summed E-state index contributed by atoms with van der Waals surface area (Å²) in [6.07, 6.45) is -6.02. The second-order valence-corrected chi connectivity index (χ2v) is 1.38. The third-order valence-corrected chi connectivity index (χ3v) is 0.625. The third-order valence-electron chi connectivity index (χ3n) is 0.625. The van der Waals surface area contributed by atoms with E-state index in [2.05, 4.69) is 33.3 Å². The van der Waals surface area contributed by atoms with Crippen molar-refractivity contribution in [3.63, 3.8) is 0 Å². The van der Waals surface area contributed by atoms with Crippen molar-refractivity contribution < 1.29 is 75.5 Å². The van der Waals surface area contributed by atoms with Gasteiger partial charge in [-0.1, -0.05) is 0 Å². The normalized spacial score (nSPS) is 6.81. The van der Waals surface area contributed by atoms with Crippen molar-refractivity contribution in [1.82, 2.24) is 0 Å². The van der Waals surface area contributed by atoms with Crippen molar-refractivity contribution in [2.24, 2.45) is 0 Å². The first-order valence-electron chi connectivity index (χ1n) is 2.89. The second kappa shape index (κ2) is 31.1. The Balaban J connectivity index is -0.0000000303. The number of alkyl halides is 5. The minimum atomic E-state index is -6.02. The molecule has 0 bridgehead atoms. The van der Waals surface area contributed by atoms with Crippen LogP contribution in [0.2, 0.25) is 0 Å². The molecule has 0 rings (SSSR count). The molecule has 0 aliphatic carbocycles. The smallest absolute Gasteiger partial charge is 0 e. The second-order valence-electron chi connectivity index (χ2n) is 1.38. The van der Waals surface area contributed by atoms with Gasteiger partial charge in [0, 0.05) is 20.4 Å². The van der Waals surface area contributed by atoms with Gasteiger partial charge in [0.2, 0.25) is 0 Å². The molecule has 0 atom stereocenters. The summed E-state index contributed by atoms with van der Waals surface area (Å²) in [5, 5.41) is 7.31. The van der Waals surface area contributed by atoms with Gasteiger partial charge in [0.05, 0.1) is 0 Å². The molecular weight excluding hydrogens is 489 g/mol. The van der Waals surface area contributed by atoms with Crippen molar-refractivity contribution in [2.75, 3.05) is 0 Å². The zero-order chi connectivity index (χ0) is 18.6. The number of hydrogen-bond acceptors (Lipinski definition) is 1. The molecule has 0 fully saturated rings. The molecule has 0 saturated carbocycles. The zero-order valence-corrected chi connectivity index (χ0v) is 11.9. The van der Waals surface area contributed by atoms with E-state index >= 15 is 0 Å². The maximum absolute atomic E-state index is 11.3. The number of carboxylic acid groups (broad SMARTS) is 1. The molecule has 0 aromatic rings. The summed E-state index contributed by atoms with van der Waals surface area (Å²) < 4.78 is 93.0. The maximum Gasteiger partial charge on any atom is 0 e. The van der Waals surface area contributed by atoms with Gasteiger partial charge >= 0.3 is 74.6 Å². The fraction of sp³-hybridized carbons (Fsp3) is 0.250. The Morgan fingerprint density at radius 1 is 0.714 bits per heavy atom. The SMILES string of the molecule is O=C(O)C(F)(F)C(F)(F)F.[C-]#[O+].[C-]#[O+].[C-]#[O+].[C-]#[O+].[C-]#[O+].[Re]. The van der Waals surface area contributed by atoms with Gasteiger partial charge in [-0.3, -0.25) is 0 Å². The predicted octanol–water partition coefficient (Wildman–Crippen LogP) is 1.08. The third kappa shape index (κ3) is 27.6. The molecule has 21 heavy (non-hydrogen) atoms. The van der Waals surface area contributed by atoms with E-state index < -0.39 is 18.1 Å². The first-order chi connectivity index (χ1) is 9.19. The van der Waals surface area contributed by atoms with Gasteiger partial charge < -0.3 is 5.11 Å². The molecule has 0 aromatic heterocycles. The summed E-state index contributed by atoms with van der Waals surface area (Å²) in [7, 11) is 0. The van der Waals surface area contributed by atoms with Gasteiger partial charge in [-0.05, 0) is 0 Å². The van der Waals surface area contributed by atoms with Crippen LogP contribution < -0.4 is 0 Å². The molecule has 0 amide bonds. The number of halogens is 5. The number of carbonyl (C=O) groups is 1. The van der Waals surface area contributed by atoms with Crippen LogP contribution in [0.4, 0.5) is 22.0 Å². The van der Waals surface area contributed by atoms with Crippen molar-refractivity contribution in [2.45, 2.75) is 12.1 Å². The summed E-state index contributed by atoms with van der Waals surface area (Å²) in [6, 6.07) is 0. The fourth-order valence-electron chi connectivity index (χ4n) is 0.121. The Morgan fingerprint density at radius 2 is 0.857 bits per heavy atom. The van der Waals surface area contributed by atoms with Crippen molar-refractivity contribution in [3.8, 4) is 0 Å². The van der Waals surface area contributed by atoms with Crippen molar-refractivity contribution >= 4 is 5.97 Å². The summed E-state index contributed by atoms with van der Waals surface area (Å²) in [6.45, 7) is 22.5. The van der Waals surface area contributed by atoms with E-state index in [-0.39, 0.29) is 20.4 Å². The molecule has 1 radical (unpaired) electrons. The average Bonchev–Trinajstić information content (AvgIpc) is 2.48. The monoisotopic (exact) mass is 491 g/mol. The predicted molar refractivity (Wildman–Crippen MR) is 38.3 cm³/mol. The fourth-order valence-corrected chi connectivity index (χ4v) is 0.121. The number of carboxylic acids is 1. The Labute approximate surface area is 127 Å². The molecule has 7 nitrogen and oxygen atoms in total. The van der Waals surface area contributed by atoms with Gasteiger partial charge in [-0.25, -0.2) is 4.79 Å². The molecular formula is C8HF5O7Re. The zero-order valence-electron chi connectivity index (χ0n) is 9.16. The van der Waals surface area contributed by atoms with Crippen LogP contribution in [-0.2, 0) is 48.5 Å². The summed E-state index contributed by atoms with van der Waals surface area (Å²) in [5.41, 5.74) is 0. The van der Waals surface area contributed by atoms with Crippen LogP contribution in [-0.4, -0.2) is 23.2 Å². The summed E-state index contributed by atoms with van der Waals surface area (Å²) in [5.74, 6) is -8.84. The molecule has 117 valence electrons. The van der Waals surface area contributed by atoms with Crippen LogP contribution in [0.1, 0.15) is 0 Å². The first kappa shape index (κ1) is 42.7. The maximum atomic E-state index is 11.3. The molecule has 0 unspecified atom stereocenters. The minimum absolute atomic E-state index is 0. The van der Waals surface area contributed by atoms with E-state index in [1.807, 2.05) is 0 Å². The van der Waals surface area contributed by atoms with Gasteiger partial charge in [0.1, 0.15) is 0 Å². The topological polar surface area (TPSA) is 137 Å². The van der Waals surface area contributed by atoms with Crippen LogP contribution >= 0.6 is 0 Å². The van der Waals surface area contributed by atoms with Gasteiger partial charge in [0.25, 0.3) is 0 Å². The van der Waals surface area contributed by atoms with E-state index in [1.54, 1.807) is 0 Å². The van der Waals surface area contributed by atoms with Crippen LogP contribution in [0, 0.1) is 33.3 Å². The van der Waals surface area contributed by atoms with Gasteiger partial charge in [-0.15, -0.1) is 0 Å². The first-order valence-corrected chi connectivity index (χ1v) is 2.89. The Hall–Kier alpha value is -1.52. The molecule has 0 aromatic carbocycles. The standard InChI is InChI=1S/C3HF5O2.5CO.Re/c4-2(5,1(9)10)3(6,7)8;5*1-2;/h(H,9,10);;;;;;. The quantitative estimate of drug-likeness (QED) is 0.334. The van der Waals surface area contributed by atoms with E-state index in [1.165, 1.54) is 0 Å². The number of hydrogen-bond donors (Lipinski definition) is 1. The molecule has 1 N–H and O–H groups in total. The van der Waals surface area contributed by atoms with Crippen LogP contribution in [0.15, 0.2) is 0 Å². The molecule has 0 spiro atoms. The summed E-state index contributed by atoms with van der Waals surface area (Å²) in [4.78, 5) is 9.20. The molecule has 0 aliphatic heterocycles. The average molecular weight is 490 g/mol. The van der Waals surface area contributed by atoms with E-state index in [0.29, 0.717) is 0 Å². The Bertz CT molecular complexity index is 294. The van der Waals surface area contributed by atoms with Crippen LogP contribution in [0.25, 0.3) is 0 Å². The van der Waals surface area contributed by atoms with Crippen molar-refractivity contribution in [1.29, 1.82) is 0 Å². The van der Waals surface area contributed by atoms with E-state index in [0.717, 1.165) is 0 Å². The molecule has 0 heterocycles. The summed E-state index contributed by atoms with van der Waals surface area (Å²) >= 11 is 0. The Kier molecular flexibility index (Phi) is 63.2. The van der Waals surface area contributed by atoms with Gasteiger partial charge in [0.15, 0.2) is 0 Å². The van der Waals surface area contributed by atoms with Crippen LogP contribution in [0.5, 0.6) is 0 Å². The van der Waals surface area contributed by atoms with E-state index in [9.17, 15) is 26.7 Å². The van der Waals surface area contributed by atoms with Crippen molar-refractivity contribution in [3.05, 3.63) is 33.3 Å². The largest absolute Gasteiger partial charge is 0 e. The minimum Gasteiger partial charge on any atom is 0 e. The number of aliphatic carboxylic acids is 1. The van der Waals surface area contributed by atoms with E-state index in [4.69, 9.17) is 28.4 Å². The molecule has 0 aliphatic rings. The Morgan fingerprint density at radius 3 is 0.857 bits per heavy atom. The van der Waals surface area contributed by atoms with Crippen LogP contribution in [0.3, 0.4) is 0 Å². The molecule has 13 heteroatoms.